The highest BCUT2D eigenvalue weighted by Gasteiger charge is 2.16. The molecule has 0 saturated carbocycles. The van der Waals surface area contributed by atoms with Crippen molar-refractivity contribution in [2.45, 2.75) is 18.0 Å². The van der Waals surface area contributed by atoms with Gasteiger partial charge in [-0.15, -0.1) is 0 Å². The van der Waals surface area contributed by atoms with Crippen LogP contribution in [0.25, 0.3) is 0 Å². The number of halogens is 2. The van der Waals surface area contributed by atoms with Crippen LogP contribution in [0, 0.1) is 5.82 Å². The molecule has 2 aromatic heterocycles. The fourth-order valence-electron chi connectivity index (χ4n) is 2.14. The summed E-state index contributed by atoms with van der Waals surface area (Å²) in [5.74, 6) is -1.18. The van der Waals surface area contributed by atoms with Crippen LogP contribution < -0.4 is 10.0 Å². The number of nitrogens with one attached hydrogen (secondary N) is 2. The third-order valence-electron chi connectivity index (χ3n) is 3.63. The number of carbonyl (C=O) groups is 1. The molecule has 0 unspecified atom stereocenters. The second-order valence-corrected chi connectivity index (χ2v) is 7.85. The second kappa shape index (κ2) is 8.99. The summed E-state index contributed by atoms with van der Waals surface area (Å²) in [6.07, 6.45) is 7.06. The Hall–Kier alpha value is -3.02. The first kappa shape index (κ1) is 20.7. The van der Waals surface area contributed by atoms with Crippen molar-refractivity contribution in [2.24, 2.45) is 0 Å². The van der Waals surface area contributed by atoms with Crippen LogP contribution in [0.5, 0.6) is 0 Å². The van der Waals surface area contributed by atoms with Crippen molar-refractivity contribution in [1.82, 2.24) is 30.0 Å². The summed E-state index contributed by atoms with van der Waals surface area (Å²) in [4.78, 5) is 27.8. The van der Waals surface area contributed by atoms with E-state index in [9.17, 15) is 17.6 Å². The molecule has 12 heteroatoms. The number of hydrogen-bond donors (Lipinski definition) is 2. The van der Waals surface area contributed by atoms with Crippen molar-refractivity contribution in [2.75, 3.05) is 0 Å². The van der Waals surface area contributed by atoms with Crippen molar-refractivity contribution in [3.63, 3.8) is 0 Å². The number of benzene rings is 1. The third kappa shape index (κ3) is 5.50. The highest BCUT2D eigenvalue weighted by molar-refractivity contribution is 7.89. The van der Waals surface area contributed by atoms with E-state index in [1.807, 2.05) is 0 Å². The summed E-state index contributed by atoms with van der Waals surface area (Å²) in [5.41, 5.74) is 0.929. The largest absolute Gasteiger partial charge is 0.345 e. The predicted molar refractivity (Wildman–Crippen MR) is 101 cm³/mol. The van der Waals surface area contributed by atoms with E-state index >= 15 is 0 Å². The first-order valence-electron chi connectivity index (χ1n) is 8.14. The Morgan fingerprint density at radius 1 is 1.03 bits per heavy atom. The standard InChI is InChI=1S/C17H14ClFN6O3S/c18-14-5-13(1-2-15(14)19)29(27,28)25-9-12-7-23-16(10-22-12)17(26)24-8-11-6-20-3-4-21-11/h1-7,10,25H,8-9H2,(H,24,26). The van der Waals surface area contributed by atoms with Gasteiger partial charge in [0.1, 0.15) is 11.5 Å². The quantitative estimate of drug-likeness (QED) is 0.574. The molecule has 0 aliphatic carbocycles. The number of nitrogens with zero attached hydrogens (tertiary/aromatic N) is 4. The number of sulfonamides is 1. The summed E-state index contributed by atoms with van der Waals surface area (Å²) in [6.45, 7) is 0.00195. The van der Waals surface area contributed by atoms with Gasteiger partial charge < -0.3 is 5.32 Å². The summed E-state index contributed by atoms with van der Waals surface area (Å²) in [6, 6.07) is 3.07. The lowest BCUT2D eigenvalue weighted by atomic mass is 10.3. The van der Waals surface area contributed by atoms with Gasteiger partial charge in [0.15, 0.2) is 0 Å². The van der Waals surface area contributed by atoms with Gasteiger partial charge in [-0.2, -0.15) is 0 Å². The van der Waals surface area contributed by atoms with E-state index < -0.39 is 21.7 Å². The van der Waals surface area contributed by atoms with Gasteiger partial charge in [-0.1, -0.05) is 11.6 Å². The number of rotatable bonds is 7. The molecular formula is C17H14ClFN6O3S. The molecule has 0 aliphatic rings. The summed E-state index contributed by atoms with van der Waals surface area (Å²) in [7, 11) is -3.92. The highest BCUT2D eigenvalue weighted by atomic mass is 35.5. The van der Waals surface area contributed by atoms with Gasteiger partial charge in [0.2, 0.25) is 10.0 Å². The van der Waals surface area contributed by atoms with Crippen LogP contribution in [0.15, 0.2) is 54.1 Å². The van der Waals surface area contributed by atoms with E-state index in [-0.39, 0.29) is 34.4 Å². The van der Waals surface area contributed by atoms with E-state index in [0.717, 1.165) is 18.2 Å². The van der Waals surface area contributed by atoms with Crippen molar-refractivity contribution >= 4 is 27.5 Å². The molecule has 0 atom stereocenters. The molecule has 1 aromatic carbocycles. The Kier molecular flexibility index (Phi) is 6.42. The molecule has 9 nitrogen and oxygen atoms in total. The van der Waals surface area contributed by atoms with E-state index in [4.69, 9.17) is 11.6 Å². The molecule has 150 valence electrons. The van der Waals surface area contributed by atoms with Gasteiger partial charge in [-0.3, -0.25) is 19.7 Å². The summed E-state index contributed by atoms with van der Waals surface area (Å²) in [5, 5.41) is 2.32. The van der Waals surface area contributed by atoms with Gasteiger partial charge in [-0.25, -0.2) is 22.5 Å². The molecule has 3 aromatic rings. The number of carbonyl (C=O) groups excluding carboxylic acids is 1. The molecule has 1 amide bonds. The van der Waals surface area contributed by atoms with Crippen molar-refractivity contribution in [3.8, 4) is 0 Å². The highest BCUT2D eigenvalue weighted by Crippen LogP contribution is 2.19. The van der Waals surface area contributed by atoms with Crippen LogP contribution >= 0.6 is 11.6 Å². The Bertz CT molecular complexity index is 1110. The number of aromatic nitrogens is 4. The van der Waals surface area contributed by atoms with Crippen LogP contribution in [0.2, 0.25) is 5.02 Å². The van der Waals surface area contributed by atoms with Gasteiger partial charge in [0.25, 0.3) is 5.91 Å². The van der Waals surface area contributed by atoms with Crippen molar-refractivity contribution in [1.29, 1.82) is 0 Å². The molecule has 0 fully saturated rings. The van der Waals surface area contributed by atoms with Crippen LogP contribution in [0.1, 0.15) is 21.9 Å². The van der Waals surface area contributed by atoms with Gasteiger partial charge in [-0.05, 0) is 18.2 Å². The number of amides is 1. The van der Waals surface area contributed by atoms with E-state index in [0.29, 0.717) is 5.69 Å². The lowest BCUT2D eigenvalue weighted by Crippen LogP contribution is -2.26. The van der Waals surface area contributed by atoms with E-state index in [1.165, 1.54) is 31.0 Å². The molecule has 3 rings (SSSR count). The Morgan fingerprint density at radius 2 is 1.83 bits per heavy atom. The number of hydrogen-bond acceptors (Lipinski definition) is 7. The zero-order chi connectivity index (χ0) is 20.9. The topological polar surface area (TPSA) is 127 Å². The van der Waals surface area contributed by atoms with Crippen LogP contribution in [0.3, 0.4) is 0 Å². The minimum absolute atomic E-state index is 0.0609. The molecule has 0 aliphatic heterocycles. The molecule has 0 radical (unpaired) electrons. The van der Waals surface area contributed by atoms with Crippen LogP contribution in [-0.2, 0) is 23.1 Å². The van der Waals surface area contributed by atoms with Gasteiger partial charge >= 0.3 is 0 Å². The first-order valence-corrected chi connectivity index (χ1v) is 10.00. The molecule has 2 N–H and O–H groups in total. The molecule has 0 spiro atoms. The fourth-order valence-corrected chi connectivity index (χ4v) is 3.41. The average Bonchev–Trinajstić information content (AvgIpc) is 2.73. The van der Waals surface area contributed by atoms with Crippen molar-refractivity contribution in [3.05, 3.63) is 77.1 Å². The predicted octanol–water partition coefficient (Wildman–Crippen LogP) is 1.47. The zero-order valence-corrected chi connectivity index (χ0v) is 16.3. The average molecular weight is 437 g/mol. The molecule has 29 heavy (non-hydrogen) atoms. The normalized spacial score (nSPS) is 11.2. The summed E-state index contributed by atoms with van der Waals surface area (Å²) >= 11 is 5.61. The maximum absolute atomic E-state index is 13.2. The molecule has 0 saturated heterocycles. The monoisotopic (exact) mass is 436 g/mol. The van der Waals surface area contributed by atoms with E-state index in [2.05, 4.69) is 30.0 Å². The molecule has 2 heterocycles. The smallest absolute Gasteiger partial charge is 0.271 e. The Labute approximate surface area is 170 Å². The van der Waals surface area contributed by atoms with E-state index in [1.54, 1.807) is 0 Å². The first-order chi connectivity index (χ1) is 13.8. The zero-order valence-electron chi connectivity index (χ0n) is 14.7. The Morgan fingerprint density at radius 3 is 2.48 bits per heavy atom. The lowest BCUT2D eigenvalue weighted by Gasteiger charge is -2.08. The fraction of sp³-hybridized carbons (Fsp3) is 0.118. The maximum Gasteiger partial charge on any atom is 0.271 e. The maximum atomic E-state index is 13.2. The molecule has 0 bridgehead atoms. The van der Waals surface area contributed by atoms with Crippen molar-refractivity contribution < 1.29 is 17.6 Å². The minimum atomic E-state index is -3.92. The van der Waals surface area contributed by atoms with Gasteiger partial charge in [0, 0.05) is 12.4 Å². The van der Waals surface area contributed by atoms with Crippen LogP contribution in [-0.4, -0.2) is 34.3 Å². The van der Waals surface area contributed by atoms with Crippen LogP contribution in [0.4, 0.5) is 4.39 Å². The SMILES string of the molecule is O=C(NCc1cnccn1)c1cnc(CNS(=O)(=O)c2ccc(F)c(Cl)c2)cn1. The third-order valence-corrected chi connectivity index (χ3v) is 5.32. The minimum Gasteiger partial charge on any atom is -0.345 e. The second-order valence-electron chi connectivity index (χ2n) is 5.67. The van der Waals surface area contributed by atoms with Gasteiger partial charge in [0.05, 0.1) is 53.0 Å². The summed E-state index contributed by atoms with van der Waals surface area (Å²) < 4.78 is 40.0. The Balaban J connectivity index is 1.58. The molecular weight excluding hydrogens is 423 g/mol. The lowest BCUT2D eigenvalue weighted by molar-refractivity contribution is 0.0945.